The third kappa shape index (κ3) is 4.40. The van der Waals surface area contributed by atoms with Crippen molar-refractivity contribution < 1.29 is 18.7 Å². The van der Waals surface area contributed by atoms with Crippen LogP contribution in [0.2, 0.25) is 0 Å². The molecule has 0 saturated carbocycles. The highest BCUT2D eigenvalue weighted by Crippen LogP contribution is 2.43. The summed E-state index contributed by atoms with van der Waals surface area (Å²) in [4.78, 5) is 37.6. The number of nitrogens with two attached hydrogens (primary N) is 1. The van der Waals surface area contributed by atoms with E-state index in [0.717, 1.165) is 5.69 Å². The van der Waals surface area contributed by atoms with E-state index < -0.39 is 23.8 Å². The molecule has 1 aromatic heterocycles. The number of para-hydroxylation sites is 1. The van der Waals surface area contributed by atoms with Gasteiger partial charge >= 0.3 is 6.03 Å². The minimum atomic E-state index is -0.646. The fourth-order valence-corrected chi connectivity index (χ4v) is 4.22. The maximum Gasteiger partial charge on any atom is 0.335 e. The van der Waals surface area contributed by atoms with Crippen LogP contribution in [0.1, 0.15) is 28.9 Å². The molecule has 0 saturated heterocycles. The Morgan fingerprint density at radius 3 is 2.57 bits per heavy atom. The number of carbonyl (C=O) groups excluding carboxylic acids is 2. The number of benzene rings is 3. The number of methoxy groups -OCH3 is 1. The van der Waals surface area contributed by atoms with Gasteiger partial charge in [-0.3, -0.25) is 9.69 Å². The zero-order valence-electron chi connectivity index (χ0n) is 20.1. The normalized spacial score (nSPS) is 14.8. The fourth-order valence-electron chi connectivity index (χ4n) is 4.22. The lowest BCUT2D eigenvalue weighted by atomic mass is 10.0. The number of rotatable bonds is 6. The van der Waals surface area contributed by atoms with E-state index in [9.17, 15) is 9.59 Å². The second-order valence-electron chi connectivity index (χ2n) is 8.36. The average Bonchev–Trinajstić information content (AvgIpc) is 2.90. The van der Waals surface area contributed by atoms with E-state index in [0.29, 0.717) is 22.8 Å². The first-order chi connectivity index (χ1) is 17.9. The van der Waals surface area contributed by atoms with Crippen LogP contribution in [0.3, 0.4) is 0 Å². The predicted molar refractivity (Wildman–Crippen MR) is 138 cm³/mol. The largest absolute Gasteiger partial charge is 0.497 e. The number of halogens is 1. The molecule has 9 nitrogen and oxygen atoms in total. The van der Waals surface area contributed by atoms with Crippen LogP contribution in [0.5, 0.6) is 5.75 Å². The SMILES string of the molecule is COc1ccc(N2C(=O)N(c3cccc(C(N)=O)c3)c3nc(Nc4ccccc4)ncc3C2C)c(F)c1. The molecule has 2 heterocycles. The Bertz CT molecular complexity index is 1500. The topological polar surface area (TPSA) is 114 Å². The monoisotopic (exact) mass is 498 g/mol. The van der Waals surface area contributed by atoms with E-state index >= 15 is 4.39 Å². The molecule has 1 atom stereocenters. The van der Waals surface area contributed by atoms with Crippen molar-refractivity contribution in [1.29, 1.82) is 0 Å². The summed E-state index contributed by atoms with van der Waals surface area (Å²) in [5.74, 6) is -0.378. The molecule has 0 spiro atoms. The number of amides is 3. The predicted octanol–water partition coefficient (Wildman–Crippen LogP) is 5.31. The molecular weight excluding hydrogens is 475 g/mol. The lowest BCUT2D eigenvalue weighted by Gasteiger charge is -2.40. The molecule has 1 aliphatic heterocycles. The number of anilines is 5. The zero-order chi connectivity index (χ0) is 26.1. The summed E-state index contributed by atoms with van der Waals surface area (Å²) in [5.41, 5.74) is 7.46. The number of hydrogen-bond donors (Lipinski definition) is 2. The van der Waals surface area contributed by atoms with Crippen molar-refractivity contribution in [2.45, 2.75) is 13.0 Å². The highest BCUT2D eigenvalue weighted by molar-refractivity contribution is 6.11. The van der Waals surface area contributed by atoms with Crippen LogP contribution in [0, 0.1) is 5.82 Å². The van der Waals surface area contributed by atoms with Gasteiger partial charge in [0.25, 0.3) is 0 Å². The van der Waals surface area contributed by atoms with Crippen molar-refractivity contribution in [3.8, 4) is 5.75 Å². The van der Waals surface area contributed by atoms with Crippen molar-refractivity contribution in [2.75, 3.05) is 22.2 Å². The first kappa shape index (κ1) is 23.7. The third-order valence-corrected chi connectivity index (χ3v) is 6.08. The first-order valence-corrected chi connectivity index (χ1v) is 11.4. The maximum atomic E-state index is 15.2. The smallest absolute Gasteiger partial charge is 0.335 e. The van der Waals surface area contributed by atoms with Crippen LogP contribution in [-0.2, 0) is 0 Å². The minimum absolute atomic E-state index is 0.0616. The van der Waals surface area contributed by atoms with Gasteiger partial charge in [0.2, 0.25) is 11.9 Å². The summed E-state index contributed by atoms with van der Waals surface area (Å²) in [7, 11) is 1.44. The summed E-state index contributed by atoms with van der Waals surface area (Å²) < 4.78 is 20.3. The van der Waals surface area contributed by atoms with E-state index in [2.05, 4.69) is 15.3 Å². The van der Waals surface area contributed by atoms with Gasteiger partial charge in [-0.15, -0.1) is 0 Å². The Morgan fingerprint density at radius 2 is 1.86 bits per heavy atom. The molecule has 3 aromatic carbocycles. The summed E-state index contributed by atoms with van der Waals surface area (Å²) >= 11 is 0. The molecule has 0 aliphatic carbocycles. The van der Waals surface area contributed by atoms with Crippen LogP contribution in [0.25, 0.3) is 0 Å². The Morgan fingerprint density at radius 1 is 1.08 bits per heavy atom. The maximum absolute atomic E-state index is 15.2. The van der Waals surface area contributed by atoms with Gasteiger partial charge in [-0.2, -0.15) is 4.98 Å². The van der Waals surface area contributed by atoms with E-state index in [-0.39, 0.29) is 17.2 Å². The van der Waals surface area contributed by atoms with Gasteiger partial charge in [0.15, 0.2) is 11.6 Å². The lowest BCUT2D eigenvalue weighted by molar-refractivity contribution is 0.1000. The molecule has 1 unspecified atom stereocenters. The number of ether oxygens (including phenoxy) is 1. The molecule has 5 rings (SSSR count). The second-order valence-corrected chi connectivity index (χ2v) is 8.36. The molecule has 0 radical (unpaired) electrons. The van der Waals surface area contributed by atoms with Crippen LogP contribution in [-0.4, -0.2) is 29.0 Å². The number of urea groups is 1. The number of primary amides is 1. The average molecular weight is 499 g/mol. The van der Waals surface area contributed by atoms with Gasteiger partial charge in [-0.05, 0) is 49.4 Å². The van der Waals surface area contributed by atoms with E-state index in [1.165, 1.54) is 35.1 Å². The van der Waals surface area contributed by atoms with Gasteiger partial charge in [0, 0.05) is 29.1 Å². The van der Waals surface area contributed by atoms with Crippen LogP contribution < -0.4 is 25.6 Å². The lowest BCUT2D eigenvalue weighted by Crippen LogP contribution is -2.48. The summed E-state index contributed by atoms with van der Waals surface area (Å²) in [6.07, 6.45) is 1.60. The van der Waals surface area contributed by atoms with Crippen molar-refractivity contribution in [3.63, 3.8) is 0 Å². The number of carbonyl (C=O) groups is 2. The van der Waals surface area contributed by atoms with Gasteiger partial charge in [-0.25, -0.2) is 19.1 Å². The number of aromatic nitrogens is 2. The molecule has 1 aliphatic rings. The summed E-state index contributed by atoms with van der Waals surface area (Å²) in [6.45, 7) is 1.77. The van der Waals surface area contributed by atoms with E-state index in [4.69, 9.17) is 10.5 Å². The number of fused-ring (bicyclic) bond motifs is 1. The summed E-state index contributed by atoms with van der Waals surface area (Å²) in [6, 6.07) is 18.8. The molecule has 3 N–H and O–H groups in total. The van der Waals surface area contributed by atoms with Gasteiger partial charge in [0.1, 0.15) is 5.75 Å². The molecule has 37 heavy (non-hydrogen) atoms. The van der Waals surface area contributed by atoms with E-state index in [1.54, 1.807) is 37.4 Å². The van der Waals surface area contributed by atoms with Crippen molar-refractivity contribution in [1.82, 2.24) is 9.97 Å². The van der Waals surface area contributed by atoms with Crippen LogP contribution in [0.15, 0.2) is 79.0 Å². The van der Waals surface area contributed by atoms with Crippen LogP contribution in [0.4, 0.5) is 38.0 Å². The molecule has 3 amide bonds. The Balaban J connectivity index is 1.66. The van der Waals surface area contributed by atoms with Gasteiger partial charge in [0.05, 0.1) is 24.5 Å². The van der Waals surface area contributed by atoms with Gasteiger partial charge in [-0.1, -0.05) is 24.3 Å². The van der Waals surface area contributed by atoms with Crippen molar-refractivity contribution >= 4 is 40.8 Å². The highest BCUT2D eigenvalue weighted by Gasteiger charge is 2.40. The first-order valence-electron chi connectivity index (χ1n) is 11.4. The minimum Gasteiger partial charge on any atom is -0.497 e. The molecule has 186 valence electrons. The highest BCUT2D eigenvalue weighted by atomic mass is 19.1. The fraction of sp³-hybridized carbons (Fsp3) is 0.111. The number of nitrogens with zero attached hydrogens (tertiary/aromatic N) is 4. The van der Waals surface area contributed by atoms with E-state index in [1.807, 2.05) is 30.3 Å². The third-order valence-electron chi connectivity index (χ3n) is 6.08. The standard InChI is InChI=1S/C27H23FN6O3/c1-16-21-15-30-26(31-18-8-4-3-5-9-18)32-25(21)34(19-10-6-7-17(13-19)24(29)35)27(36)33(16)23-12-11-20(37-2)14-22(23)28/h3-16H,1-2H3,(H2,29,35)(H,30,31,32). The van der Waals surface area contributed by atoms with Gasteiger partial charge < -0.3 is 15.8 Å². The number of hydrogen-bond acceptors (Lipinski definition) is 6. The Labute approximate surface area is 212 Å². The zero-order valence-corrected chi connectivity index (χ0v) is 20.1. The van der Waals surface area contributed by atoms with Crippen LogP contribution >= 0.6 is 0 Å². The second kappa shape index (κ2) is 9.57. The molecule has 0 fully saturated rings. The Kier molecular flexibility index (Phi) is 6.14. The molecule has 0 bridgehead atoms. The number of nitrogens with one attached hydrogen (secondary N) is 1. The molecule has 10 heteroatoms. The van der Waals surface area contributed by atoms with Crippen molar-refractivity contribution in [3.05, 3.63) is 95.9 Å². The quantitative estimate of drug-likeness (QED) is 0.373. The Hall–Kier alpha value is -4.99. The van der Waals surface area contributed by atoms with Crippen molar-refractivity contribution in [2.24, 2.45) is 5.73 Å². The summed E-state index contributed by atoms with van der Waals surface area (Å²) in [5, 5.41) is 3.13. The molecule has 4 aromatic rings. The molecular formula is C27H23FN6O3.